The zero-order chi connectivity index (χ0) is 20.5. The normalized spacial score (nSPS) is 10.9. The van der Waals surface area contributed by atoms with Crippen molar-refractivity contribution in [3.05, 3.63) is 73.1 Å². The lowest BCUT2D eigenvalue weighted by atomic mass is 10.3. The summed E-state index contributed by atoms with van der Waals surface area (Å²) in [6.45, 7) is 0.690. The predicted molar refractivity (Wildman–Crippen MR) is 116 cm³/mol. The van der Waals surface area contributed by atoms with Gasteiger partial charge in [-0.3, -0.25) is 4.79 Å². The van der Waals surface area contributed by atoms with E-state index in [-0.39, 0.29) is 5.91 Å². The van der Waals surface area contributed by atoms with E-state index in [2.05, 4.69) is 30.9 Å². The quantitative estimate of drug-likeness (QED) is 0.508. The lowest BCUT2D eigenvalue weighted by molar-refractivity contribution is -0.111. The zero-order valence-electron chi connectivity index (χ0n) is 16.3. The first-order valence-electron chi connectivity index (χ1n) is 9.09. The summed E-state index contributed by atoms with van der Waals surface area (Å²) in [5.41, 5.74) is 0.933. The third kappa shape index (κ3) is 6.71. The summed E-state index contributed by atoms with van der Waals surface area (Å²) in [6.07, 6.45) is 4.75. The summed E-state index contributed by atoms with van der Waals surface area (Å²) in [6, 6.07) is 16.9. The molecule has 0 saturated heterocycles. The Kier molecular flexibility index (Phi) is 6.85. The molecule has 8 nitrogen and oxygen atoms in total. The minimum atomic E-state index is -0.229. The largest absolute Gasteiger partial charge is 0.340 e. The number of nitrogens with one attached hydrogen (secondary N) is 3. The van der Waals surface area contributed by atoms with E-state index in [9.17, 15) is 4.79 Å². The number of para-hydroxylation sites is 1. The lowest BCUT2D eigenvalue weighted by Crippen LogP contribution is -2.13. The highest BCUT2D eigenvalue weighted by Crippen LogP contribution is 2.19. The molecule has 3 aromatic rings. The van der Waals surface area contributed by atoms with Gasteiger partial charge in [0.15, 0.2) is 0 Å². The molecule has 0 aliphatic rings. The molecule has 0 aliphatic carbocycles. The Hall–Kier alpha value is -3.78. The second-order valence-corrected chi connectivity index (χ2v) is 6.47. The number of hydrogen-bond donors (Lipinski definition) is 3. The van der Waals surface area contributed by atoms with Crippen molar-refractivity contribution in [1.82, 2.24) is 19.9 Å². The van der Waals surface area contributed by atoms with Crippen molar-refractivity contribution in [3.63, 3.8) is 0 Å². The van der Waals surface area contributed by atoms with Crippen LogP contribution in [0.2, 0.25) is 0 Å². The van der Waals surface area contributed by atoms with Gasteiger partial charge >= 0.3 is 0 Å². The molecule has 0 bridgehead atoms. The minimum absolute atomic E-state index is 0.229. The molecule has 0 atom stereocenters. The van der Waals surface area contributed by atoms with E-state index >= 15 is 0 Å². The first-order valence-corrected chi connectivity index (χ1v) is 9.09. The molecule has 148 valence electrons. The van der Waals surface area contributed by atoms with E-state index in [1.165, 1.54) is 12.4 Å². The molecule has 2 heterocycles. The fourth-order valence-corrected chi connectivity index (χ4v) is 2.41. The fourth-order valence-electron chi connectivity index (χ4n) is 2.41. The second kappa shape index (κ2) is 9.95. The van der Waals surface area contributed by atoms with Crippen molar-refractivity contribution in [1.29, 1.82) is 0 Å². The third-order valence-electron chi connectivity index (χ3n) is 3.71. The molecule has 29 heavy (non-hydrogen) atoms. The monoisotopic (exact) mass is 389 g/mol. The zero-order valence-corrected chi connectivity index (χ0v) is 16.3. The molecule has 8 heteroatoms. The summed E-state index contributed by atoms with van der Waals surface area (Å²) < 4.78 is 0. The summed E-state index contributed by atoms with van der Waals surface area (Å²) in [4.78, 5) is 26.8. The Labute approximate surface area is 169 Å². The maximum absolute atomic E-state index is 12.0. The highest BCUT2D eigenvalue weighted by molar-refractivity contribution is 5.98. The Morgan fingerprint density at radius 2 is 1.66 bits per heavy atom. The topological polar surface area (TPSA) is 95.1 Å². The van der Waals surface area contributed by atoms with Crippen LogP contribution < -0.4 is 16.0 Å². The summed E-state index contributed by atoms with van der Waals surface area (Å²) in [5.74, 6) is 2.02. The molecule has 0 unspecified atom stereocenters. The van der Waals surface area contributed by atoms with Gasteiger partial charge in [-0.1, -0.05) is 30.3 Å². The van der Waals surface area contributed by atoms with Crippen LogP contribution in [-0.4, -0.2) is 46.4 Å². The van der Waals surface area contributed by atoms with Crippen molar-refractivity contribution in [3.8, 4) is 0 Å². The number of hydrogen-bond acceptors (Lipinski definition) is 7. The molecule has 1 aromatic carbocycles. The van der Waals surface area contributed by atoms with Crippen molar-refractivity contribution in [2.24, 2.45) is 0 Å². The molecule has 0 spiro atoms. The molecule has 3 rings (SSSR count). The van der Waals surface area contributed by atoms with Gasteiger partial charge in [0.25, 0.3) is 0 Å². The number of benzene rings is 1. The number of anilines is 5. The molecular formula is C21H23N7O. The van der Waals surface area contributed by atoms with Gasteiger partial charge in [-0.15, -0.1) is 0 Å². The van der Waals surface area contributed by atoms with Crippen molar-refractivity contribution < 1.29 is 4.79 Å². The molecule has 2 aromatic heterocycles. The standard InChI is InChI=1S/C21H23N7O/c1-28(2)13-7-12-21(29)27-18-11-6-10-17(25-18)26-20-14-19(22-15-23-20)24-16-8-4-3-5-9-16/h3-12,14-15H,13H2,1-2H3,(H3,22,23,24,25,26,27,29)/b12-7+. The number of amides is 1. The Balaban J connectivity index is 1.63. The maximum atomic E-state index is 12.0. The first-order chi connectivity index (χ1) is 14.1. The van der Waals surface area contributed by atoms with Gasteiger partial charge in [0.05, 0.1) is 0 Å². The fraction of sp³-hybridized carbons (Fsp3) is 0.143. The molecular weight excluding hydrogens is 366 g/mol. The van der Waals surface area contributed by atoms with E-state index in [4.69, 9.17) is 0 Å². The minimum Gasteiger partial charge on any atom is -0.340 e. The van der Waals surface area contributed by atoms with E-state index in [1.807, 2.05) is 49.3 Å². The number of likely N-dealkylation sites (N-methyl/N-ethyl adjacent to an activating group) is 1. The van der Waals surface area contributed by atoms with Crippen LogP contribution in [0, 0.1) is 0 Å². The maximum Gasteiger partial charge on any atom is 0.249 e. The number of nitrogens with zero attached hydrogens (tertiary/aromatic N) is 4. The smallest absolute Gasteiger partial charge is 0.249 e. The van der Waals surface area contributed by atoms with Crippen LogP contribution >= 0.6 is 0 Å². The van der Waals surface area contributed by atoms with E-state index in [0.29, 0.717) is 29.8 Å². The van der Waals surface area contributed by atoms with E-state index < -0.39 is 0 Å². The van der Waals surface area contributed by atoms with Crippen LogP contribution in [-0.2, 0) is 4.79 Å². The molecule has 0 aliphatic heterocycles. The van der Waals surface area contributed by atoms with Crippen LogP contribution in [0.15, 0.2) is 73.1 Å². The molecule has 1 amide bonds. The van der Waals surface area contributed by atoms with Gasteiger partial charge in [-0.2, -0.15) is 0 Å². The van der Waals surface area contributed by atoms with Crippen LogP contribution in [0.4, 0.5) is 29.0 Å². The predicted octanol–water partition coefficient (Wildman–Crippen LogP) is 3.42. The van der Waals surface area contributed by atoms with Gasteiger partial charge in [-0.05, 0) is 38.4 Å². The highest BCUT2D eigenvalue weighted by atomic mass is 16.1. The summed E-state index contributed by atoms with van der Waals surface area (Å²) in [5, 5.41) is 9.08. The average molecular weight is 389 g/mol. The second-order valence-electron chi connectivity index (χ2n) is 6.47. The lowest BCUT2D eigenvalue weighted by Gasteiger charge is -2.09. The number of aromatic nitrogens is 3. The summed E-state index contributed by atoms with van der Waals surface area (Å²) >= 11 is 0. The molecule has 0 radical (unpaired) electrons. The van der Waals surface area contributed by atoms with Gasteiger partial charge in [-0.25, -0.2) is 15.0 Å². The average Bonchev–Trinajstić information content (AvgIpc) is 2.69. The number of carbonyl (C=O) groups is 1. The first kappa shape index (κ1) is 20.0. The SMILES string of the molecule is CN(C)C/C=C/C(=O)Nc1cccc(Nc2cc(Nc3ccccc3)ncn2)n1. The van der Waals surface area contributed by atoms with E-state index in [1.54, 1.807) is 30.3 Å². The van der Waals surface area contributed by atoms with Gasteiger partial charge in [0.2, 0.25) is 5.91 Å². The van der Waals surface area contributed by atoms with Gasteiger partial charge in [0.1, 0.15) is 29.6 Å². The highest BCUT2D eigenvalue weighted by Gasteiger charge is 2.04. The van der Waals surface area contributed by atoms with Crippen molar-refractivity contribution in [2.75, 3.05) is 36.6 Å². The van der Waals surface area contributed by atoms with Crippen molar-refractivity contribution in [2.45, 2.75) is 0 Å². The van der Waals surface area contributed by atoms with Gasteiger partial charge < -0.3 is 20.9 Å². The Morgan fingerprint density at radius 1 is 0.931 bits per heavy atom. The Morgan fingerprint density at radius 3 is 2.41 bits per heavy atom. The molecule has 3 N–H and O–H groups in total. The molecule has 0 saturated carbocycles. The van der Waals surface area contributed by atoms with Crippen LogP contribution in [0.25, 0.3) is 0 Å². The number of carbonyl (C=O) groups excluding carboxylic acids is 1. The van der Waals surface area contributed by atoms with E-state index in [0.717, 1.165) is 5.69 Å². The molecule has 0 fully saturated rings. The number of rotatable bonds is 8. The van der Waals surface area contributed by atoms with Gasteiger partial charge in [0, 0.05) is 24.4 Å². The van der Waals surface area contributed by atoms with Crippen LogP contribution in [0.3, 0.4) is 0 Å². The third-order valence-corrected chi connectivity index (χ3v) is 3.71. The van der Waals surface area contributed by atoms with Crippen LogP contribution in [0.5, 0.6) is 0 Å². The summed E-state index contributed by atoms with van der Waals surface area (Å²) in [7, 11) is 3.87. The Bertz CT molecular complexity index is 974. The van der Waals surface area contributed by atoms with Crippen LogP contribution in [0.1, 0.15) is 0 Å². The number of pyridine rings is 1. The van der Waals surface area contributed by atoms with Crippen molar-refractivity contribution >= 4 is 34.9 Å².